The normalized spacial score (nSPS) is 29.0. The van der Waals surface area contributed by atoms with Crippen molar-refractivity contribution in [2.75, 3.05) is 26.2 Å². The van der Waals surface area contributed by atoms with E-state index in [1.54, 1.807) is 0 Å². The smallest absolute Gasteiger partial charge is 0.329 e. The van der Waals surface area contributed by atoms with E-state index < -0.39 is 18.8 Å². The molecular weight excluding hydrogens is 235 g/mol. The second-order valence-corrected chi connectivity index (χ2v) is 4.67. The first kappa shape index (κ1) is 12.5. The van der Waals surface area contributed by atoms with Crippen LogP contribution in [0.4, 0.5) is 18.0 Å². The number of nitrogens with one attached hydrogen (secondary N) is 2. The summed E-state index contributed by atoms with van der Waals surface area (Å²) in [6, 6.07) is -0.561. The third kappa shape index (κ3) is 3.24. The number of urea groups is 1. The third-order valence-electron chi connectivity index (χ3n) is 3.31. The van der Waals surface area contributed by atoms with Crippen molar-refractivity contribution < 1.29 is 18.0 Å². The molecule has 0 spiro atoms. The highest BCUT2D eigenvalue weighted by molar-refractivity contribution is 5.75. The number of nitrogens with zero attached hydrogens (tertiary/aromatic N) is 1. The van der Waals surface area contributed by atoms with Crippen molar-refractivity contribution in [1.82, 2.24) is 15.5 Å². The van der Waals surface area contributed by atoms with Gasteiger partial charge in [-0.25, -0.2) is 4.79 Å². The zero-order valence-electron chi connectivity index (χ0n) is 9.39. The van der Waals surface area contributed by atoms with Crippen LogP contribution in [0.15, 0.2) is 0 Å². The largest absolute Gasteiger partial charge is 0.405 e. The first-order valence-electron chi connectivity index (χ1n) is 5.77. The Morgan fingerprint density at radius 2 is 2.24 bits per heavy atom. The number of alkyl halides is 3. The van der Waals surface area contributed by atoms with Crippen LogP contribution in [0.3, 0.4) is 0 Å². The van der Waals surface area contributed by atoms with Gasteiger partial charge in [-0.05, 0) is 25.3 Å². The molecule has 2 amide bonds. The summed E-state index contributed by atoms with van der Waals surface area (Å²) in [5, 5.41) is 5.12. The lowest BCUT2D eigenvalue weighted by Gasteiger charge is -2.26. The summed E-state index contributed by atoms with van der Waals surface area (Å²) in [6.45, 7) is 0.929. The number of rotatable bonds is 1. The van der Waals surface area contributed by atoms with Gasteiger partial charge in [0.15, 0.2) is 0 Å². The number of amides is 2. The van der Waals surface area contributed by atoms with E-state index in [1.165, 1.54) is 4.90 Å². The molecule has 0 radical (unpaired) electrons. The summed E-state index contributed by atoms with van der Waals surface area (Å²) in [4.78, 5) is 13.2. The Morgan fingerprint density at radius 1 is 1.47 bits per heavy atom. The van der Waals surface area contributed by atoms with E-state index in [0.717, 1.165) is 19.4 Å². The molecule has 2 aliphatic heterocycles. The second kappa shape index (κ2) is 4.72. The number of likely N-dealkylation sites (tertiary alicyclic amines) is 1. The van der Waals surface area contributed by atoms with Gasteiger partial charge in [-0.2, -0.15) is 13.2 Å². The van der Waals surface area contributed by atoms with Crippen LogP contribution in [0, 0.1) is 5.92 Å². The number of hydrogen-bond donors (Lipinski definition) is 2. The van der Waals surface area contributed by atoms with Gasteiger partial charge in [0.25, 0.3) is 0 Å². The Hall–Kier alpha value is -0.980. The van der Waals surface area contributed by atoms with Crippen molar-refractivity contribution in [2.24, 2.45) is 5.92 Å². The molecule has 2 atom stereocenters. The standard InChI is InChI=1S/C10H16F3N3O/c11-10(12,13)6-15-9(17)16-5-7-1-2-14-4-8(16)3-7/h7-8,14H,1-6H2,(H,15,17). The molecule has 17 heavy (non-hydrogen) atoms. The highest BCUT2D eigenvalue weighted by Gasteiger charge is 2.37. The van der Waals surface area contributed by atoms with Crippen molar-refractivity contribution in [2.45, 2.75) is 25.1 Å². The molecule has 2 fully saturated rings. The summed E-state index contributed by atoms with van der Waals surface area (Å²) in [5.74, 6) is 0.423. The zero-order valence-corrected chi connectivity index (χ0v) is 9.39. The van der Waals surface area contributed by atoms with Gasteiger partial charge in [0.2, 0.25) is 0 Å². The van der Waals surface area contributed by atoms with E-state index in [4.69, 9.17) is 0 Å². The predicted octanol–water partition coefficient (Wildman–Crippen LogP) is 0.942. The molecule has 0 saturated carbocycles. The van der Waals surface area contributed by atoms with E-state index in [-0.39, 0.29) is 6.04 Å². The van der Waals surface area contributed by atoms with E-state index in [1.807, 2.05) is 5.32 Å². The fourth-order valence-electron chi connectivity index (χ4n) is 2.52. The summed E-state index contributed by atoms with van der Waals surface area (Å²) < 4.78 is 36.0. The van der Waals surface area contributed by atoms with E-state index >= 15 is 0 Å². The lowest BCUT2D eigenvalue weighted by atomic mass is 10.0. The summed E-state index contributed by atoms with van der Waals surface area (Å²) in [6.07, 6.45) is -2.47. The Labute approximate surface area is 97.5 Å². The molecule has 0 aliphatic carbocycles. The summed E-state index contributed by atoms with van der Waals surface area (Å²) in [7, 11) is 0. The molecule has 2 heterocycles. The van der Waals surface area contributed by atoms with Crippen LogP contribution in [0.25, 0.3) is 0 Å². The summed E-state index contributed by atoms with van der Waals surface area (Å²) >= 11 is 0. The fourth-order valence-corrected chi connectivity index (χ4v) is 2.52. The quantitative estimate of drug-likeness (QED) is 0.728. The lowest BCUT2D eigenvalue weighted by molar-refractivity contribution is -0.123. The van der Waals surface area contributed by atoms with Crippen molar-refractivity contribution in [3.05, 3.63) is 0 Å². The molecule has 7 heteroatoms. The molecule has 2 aliphatic rings. The summed E-state index contributed by atoms with van der Waals surface area (Å²) in [5.41, 5.74) is 0. The zero-order chi connectivity index (χ0) is 12.5. The van der Waals surface area contributed by atoms with Crippen molar-refractivity contribution >= 4 is 6.03 Å². The fraction of sp³-hybridized carbons (Fsp3) is 0.900. The topological polar surface area (TPSA) is 44.4 Å². The Kier molecular flexibility index (Phi) is 3.46. The van der Waals surface area contributed by atoms with E-state index in [2.05, 4.69) is 5.32 Å². The molecule has 0 aromatic rings. The Bertz CT molecular complexity index is 295. The maximum Gasteiger partial charge on any atom is 0.405 e. The van der Waals surface area contributed by atoms with Gasteiger partial charge in [0.1, 0.15) is 6.54 Å². The highest BCUT2D eigenvalue weighted by atomic mass is 19.4. The van der Waals surface area contributed by atoms with Gasteiger partial charge in [0.05, 0.1) is 0 Å². The van der Waals surface area contributed by atoms with Gasteiger partial charge in [-0.3, -0.25) is 0 Å². The maximum atomic E-state index is 12.0. The Morgan fingerprint density at radius 3 is 2.94 bits per heavy atom. The highest BCUT2D eigenvalue weighted by Crippen LogP contribution is 2.27. The molecule has 2 bridgehead atoms. The molecule has 98 valence electrons. The van der Waals surface area contributed by atoms with Gasteiger partial charge in [-0.1, -0.05) is 0 Å². The molecule has 2 saturated heterocycles. The first-order chi connectivity index (χ1) is 7.96. The van der Waals surface area contributed by atoms with Crippen LogP contribution in [0.1, 0.15) is 12.8 Å². The van der Waals surface area contributed by atoms with Crippen molar-refractivity contribution in [3.8, 4) is 0 Å². The molecule has 2 unspecified atom stereocenters. The van der Waals surface area contributed by atoms with Crippen LogP contribution in [0.2, 0.25) is 0 Å². The van der Waals surface area contributed by atoms with Crippen LogP contribution in [-0.2, 0) is 0 Å². The number of carbonyl (C=O) groups excluding carboxylic acids is 1. The maximum absolute atomic E-state index is 12.0. The minimum Gasteiger partial charge on any atom is -0.329 e. The van der Waals surface area contributed by atoms with Gasteiger partial charge < -0.3 is 15.5 Å². The molecule has 4 nitrogen and oxygen atoms in total. The minimum absolute atomic E-state index is 0.0377. The number of halogens is 3. The SMILES string of the molecule is O=C(NCC(F)(F)F)N1CC2CCNCC1C2. The average molecular weight is 251 g/mol. The van der Waals surface area contributed by atoms with Crippen LogP contribution >= 0.6 is 0 Å². The first-order valence-corrected chi connectivity index (χ1v) is 5.77. The van der Waals surface area contributed by atoms with Gasteiger partial charge >= 0.3 is 12.2 Å². The molecule has 2 N–H and O–H groups in total. The van der Waals surface area contributed by atoms with Gasteiger partial charge in [0, 0.05) is 19.1 Å². The van der Waals surface area contributed by atoms with E-state index in [0.29, 0.717) is 19.0 Å². The van der Waals surface area contributed by atoms with Crippen LogP contribution < -0.4 is 10.6 Å². The van der Waals surface area contributed by atoms with E-state index in [9.17, 15) is 18.0 Å². The lowest BCUT2D eigenvalue weighted by Crippen LogP contribution is -2.49. The average Bonchev–Trinajstić information content (AvgIpc) is 2.46. The molecule has 0 aromatic carbocycles. The number of hydrogen-bond acceptors (Lipinski definition) is 2. The number of carbonyl (C=O) groups is 1. The molecule has 0 aromatic heterocycles. The third-order valence-corrected chi connectivity index (χ3v) is 3.31. The predicted molar refractivity (Wildman–Crippen MR) is 55.5 cm³/mol. The molecular formula is C10H16F3N3O. The van der Waals surface area contributed by atoms with Crippen LogP contribution in [0.5, 0.6) is 0 Å². The van der Waals surface area contributed by atoms with Crippen molar-refractivity contribution in [3.63, 3.8) is 0 Å². The minimum atomic E-state index is -4.35. The number of fused-ring (bicyclic) bond motifs is 2. The second-order valence-electron chi connectivity index (χ2n) is 4.67. The monoisotopic (exact) mass is 251 g/mol. The molecule has 2 rings (SSSR count). The van der Waals surface area contributed by atoms with Crippen LogP contribution in [-0.4, -0.2) is 49.3 Å². The van der Waals surface area contributed by atoms with Gasteiger partial charge in [-0.15, -0.1) is 0 Å². The Balaban J connectivity index is 1.87. The van der Waals surface area contributed by atoms with Crippen molar-refractivity contribution in [1.29, 1.82) is 0 Å².